The molecule has 0 fully saturated rings. The Bertz CT molecular complexity index is 275. The molecule has 1 nitrogen and oxygen atoms in total. The summed E-state index contributed by atoms with van der Waals surface area (Å²) in [6, 6.07) is 6.92. The lowest BCUT2D eigenvalue weighted by atomic mass is 10.1. The van der Waals surface area contributed by atoms with Gasteiger partial charge in [-0.15, -0.1) is 11.8 Å². The summed E-state index contributed by atoms with van der Waals surface area (Å²) in [7, 11) is 0. The van der Waals surface area contributed by atoms with Gasteiger partial charge < -0.3 is 0 Å². The van der Waals surface area contributed by atoms with E-state index in [2.05, 4.69) is 0 Å². The smallest absolute Gasteiger partial charge is 0.180 e. The molecule has 0 radical (unpaired) electrons. The fourth-order valence-corrected chi connectivity index (χ4v) is 1.36. The first kappa shape index (κ1) is 9.26. The molecule has 0 amide bonds. The summed E-state index contributed by atoms with van der Waals surface area (Å²) in [4.78, 5) is 11.1. The Morgan fingerprint density at radius 1 is 1.58 bits per heavy atom. The molecule has 3 heteroatoms. The van der Waals surface area contributed by atoms with Gasteiger partial charge in [0.05, 0.1) is 0 Å². The van der Waals surface area contributed by atoms with Gasteiger partial charge in [0.1, 0.15) is 0 Å². The third-order valence-electron chi connectivity index (χ3n) is 1.53. The predicted octanol–water partition coefficient (Wildman–Crippen LogP) is 2.62. The van der Waals surface area contributed by atoms with Crippen molar-refractivity contribution < 1.29 is 9.18 Å². The van der Waals surface area contributed by atoms with Crippen LogP contribution in [-0.2, 0) is 4.79 Å². The van der Waals surface area contributed by atoms with Crippen LogP contribution in [0.3, 0.4) is 0 Å². The normalized spacial score (nSPS) is 12.5. The molecule has 1 rings (SSSR count). The zero-order chi connectivity index (χ0) is 8.97. The van der Waals surface area contributed by atoms with Crippen LogP contribution in [-0.4, -0.2) is 12.5 Å². The zero-order valence-electron chi connectivity index (χ0n) is 6.66. The van der Waals surface area contributed by atoms with Gasteiger partial charge in [0.25, 0.3) is 0 Å². The van der Waals surface area contributed by atoms with E-state index >= 15 is 0 Å². The molecule has 1 atom stereocenters. The minimum atomic E-state index is -1.49. The first-order valence-electron chi connectivity index (χ1n) is 3.51. The van der Waals surface area contributed by atoms with E-state index in [1.165, 1.54) is 11.8 Å². The lowest BCUT2D eigenvalue weighted by Gasteiger charge is -2.02. The number of halogens is 1. The van der Waals surface area contributed by atoms with Gasteiger partial charge in [-0.1, -0.05) is 12.1 Å². The first-order valence-corrected chi connectivity index (χ1v) is 4.73. The fourth-order valence-electron chi connectivity index (χ4n) is 0.892. The maximum atomic E-state index is 12.8. The van der Waals surface area contributed by atoms with E-state index in [9.17, 15) is 9.18 Å². The highest BCUT2D eigenvalue weighted by molar-refractivity contribution is 7.98. The van der Waals surface area contributed by atoms with Gasteiger partial charge >= 0.3 is 0 Å². The fraction of sp³-hybridized carbons (Fsp3) is 0.222. The predicted molar refractivity (Wildman–Crippen MR) is 48.1 cm³/mol. The van der Waals surface area contributed by atoms with Crippen LogP contribution in [0.5, 0.6) is 0 Å². The molecular formula is C9H9FOS. The highest BCUT2D eigenvalue weighted by Crippen LogP contribution is 2.21. The number of hydrogen-bond donors (Lipinski definition) is 0. The van der Waals surface area contributed by atoms with Crippen molar-refractivity contribution in [2.45, 2.75) is 11.1 Å². The number of hydrogen-bond acceptors (Lipinski definition) is 2. The Labute approximate surface area is 75.0 Å². The van der Waals surface area contributed by atoms with E-state index in [0.29, 0.717) is 11.8 Å². The van der Waals surface area contributed by atoms with Crippen LogP contribution in [0, 0.1) is 0 Å². The van der Waals surface area contributed by atoms with E-state index in [0.717, 1.165) is 4.90 Å². The van der Waals surface area contributed by atoms with E-state index in [4.69, 9.17) is 0 Å². The second-order valence-corrected chi connectivity index (χ2v) is 3.19. The summed E-state index contributed by atoms with van der Waals surface area (Å²) in [5.74, 6) is 0. The van der Waals surface area contributed by atoms with Crippen LogP contribution < -0.4 is 0 Å². The first-order chi connectivity index (χ1) is 5.77. The molecule has 12 heavy (non-hydrogen) atoms. The van der Waals surface area contributed by atoms with Gasteiger partial charge in [-0.25, -0.2) is 4.39 Å². The molecule has 1 unspecified atom stereocenters. The molecule has 0 aliphatic rings. The van der Waals surface area contributed by atoms with E-state index < -0.39 is 6.17 Å². The number of alkyl halides is 1. The van der Waals surface area contributed by atoms with Crippen molar-refractivity contribution in [3.8, 4) is 0 Å². The van der Waals surface area contributed by atoms with Gasteiger partial charge in [-0.2, -0.15) is 0 Å². The summed E-state index contributed by atoms with van der Waals surface area (Å²) >= 11 is 1.53. The van der Waals surface area contributed by atoms with Crippen LogP contribution in [0.4, 0.5) is 4.39 Å². The Morgan fingerprint density at radius 2 is 2.33 bits per heavy atom. The molecule has 1 aromatic rings. The maximum absolute atomic E-state index is 12.8. The van der Waals surface area contributed by atoms with Crippen molar-refractivity contribution >= 4 is 18.0 Å². The monoisotopic (exact) mass is 184 g/mol. The van der Waals surface area contributed by atoms with Gasteiger partial charge in [0, 0.05) is 4.90 Å². The van der Waals surface area contributed by atoms with Crippen LogP contribution >= 0.6 is 11.8 Å². The molecule has 0 aliphatic carbocycles. The highest BCUT2D eigenvalue weighted by atomic mass is 32.2. The molecule has 1 aromatic carbocycles. The topological polar surface area (TPSA) is 17.1 Å². The van der Waals surface area contributed by atoms with Crippen LogP contribution in [0.15, 0.2) is 29.2 Å². The van der Waals surface area contributed by atoms with Gasteiger partial charge in [0.2, 0.25) is 0 Å². The quantitative estimate of drug-likeness (QED) is 0.530. The van der Waals surface area contributed by atoms with Crippen molar-refractivity contribution in [1.82, 2.24) is 0 Å². The molecule has 64 valence electrons. The minimum Gasteiger partial charge on any atom is -0.300 e. The van der Waals surface area contributed by atoms with Gasteiger partial charge in [0.15, 0.2) is 12.5 Å². The summed E-state index contributed by atoms with van der Waals surface area (Å²) in [6.07, 6.45) is 0.726. The Morgan fingerprint density at radius 3 is 2.92 bits per heavy atom. The average Bonchev–Trinajstić information content (AvgIpc) is 2.17. The van der Waals surface area contributed by atoms with Crippen molar-refractivity contribution in [2.24, 2.45) is 0 Å². The molecule has 0 aliphatic heterocycles. The number of aldehydes is 1. The molecule has 0 bridgehead atoms. The Balaban J connectivity index is 2.93. The molecule has 0 heterocycles. The largest absolute Gasteiger partial charge is 0.300 e. The molecule has 0 aromatic heterocycles. The van der Waals surface area contributed by atoms with Crippen LogP contribution in [0.1, 0.15) is 11.7 Å². The van der Waals surface area contributed by atoms with Crippen molar-refractivity contribution in [3.63, 3.8) is 0 Å². The van der Waals surface area contributed by atoms with Gasteiger partial charge in [-0.05, 0) is 24.0 Å². The second-order valence-electron chi connectivity index (χ2n) is 2.31. The van der Waals surface area contributed by atoms with Crippen LogP contribution in [0.25, 0.3) is 0 Å². The summed E-state index contributed by atoms with van der Waals surface area (Å²) in [5, 5.41) is 0. The average molecular weight is 184 g/mol. The third-order valence-corrected chi connectivity index (χ3v) is 2.26. The van der Waals surface area contributed by atoms with E-state index in [1.807, 2.05) is 12.3 Å². The summed E-state index contributed by atoms with van der Waals surface area (Å²) in [6.45, 7) is 0. The number of benzene rings is 1. The molecular weight excluding hydrogens is 175 g/mol. The number of rotatable bonds is 3. The van der Waals surface area contributed by atoms with Crippen molar-refractivity contribution in [1.29, 1.82) is 0 Å². The number of carbonyl (C=O) groups is 1. The lowest BCUT2D eigenvalue weighted by molar-refractivity contribution is -0.112. The highest BCUT2D eigenvalue weighted by Gasteiger charge is 2.07. The van der Waals surface area contributed by atoms with Crippen molar-refractivity contribution in [2.75, 3.05) is 6.26 Å². The van der Waals surface area contributed by atoms with E-state index in [-0.39, 0.29) is 0 Å². The second kappa shape index (κ2) is 4.26. The summed E-state index contributed by atoms with van der Waals surface area (Å²) < 4.78 is 12.8. The van der Waals surface area contributed by atoms with E-state index in [1.54, 1.807) is 18.2 Å². The Kier molecular flexibility index (Phi) is 3.29. The minimum absolute atomic E-state index is 0.305. The molecule has 0 spiro atoms. The number of thioether (sulfide) groups is 1. The van der Waals surface area contributed by atoms with Gasteiger partial charge in [-0.3, -0.25) is 4.79 Å². The maximum Gasteiger partial charge on any atom is 0.180 e. The summed E-state index contributed by atoms with van der Waals surface area (Å²) in [5.41, 5.74) is 0.428. The van der Waals surface area contributed by atoms with Crippen molar-refractivity contribution in [3.05, 3.63) is 29.8 Å². The zero-order valence-corrected chi connectivity index (χ0v) is 7.48. The number of carbonyl (C=O) groups excluding carboxylic acids is 1. The Hall–Kier alpha value is -0.830. The third kappa shape index (κ3) is 2.08. The molecule has 0 saturated heterocycles. The standard InChI is InChI=1S/C9H9FOS/c1-12-8-4-2-3-7(5-8)9(10)6-11/h2-6,9H,1H3. The lowest BCUT2D eigenvalue weighted by Crippen LogP contribution is -1.91. The molecule has 0 saturated carbocycles. The molecule has 0 N–H and O–H groups in total. The van der Waals surface area contributed by atoms with Crippen LogP contribution in [0.2, 0.25) is 0 Å². The SMILES string of the molecule is CSc1cccc(C(F)C=O)c1.